The normalized spacial score (nSPS) is 24.1. The molecule has 112 valence electrons. The number of methoxy groups -OCH3 is 1. The highest BCUT2D eigenvalue weighted by atomic mass is 32.2. The molecule has 0 bridgehead atoms. The van der Waals surface area contributed by atoms with E-state index in [1.807, 2.05) is 13.8 Å². The van der Waals surface area contributed by atoms with E-state index in [0.717, 1.165) is 0 Å². The van der Waals surface area contributed by atoms with Gasteiger partial charge in [0.25, 0.3) is 0 Å². The number of hydrogen-bond donors (Lipinski definition) is 2. The van der Waals surface area contributed by atoms with E-state index in [4.69, 9.17) is 4.74 Å². The summed E-state index contributed by atoms with van der Waals surface area (Å²) >= 11 is 0. The average Bonchev–Trinajstić information content (AvgIpc) is 2.26. The Bertz CT molecular complexity index is 395. The number of carbonyl (C=O) groups excluding carboxylic acids is 1. The van der Waals surface area contributed by atoms with Crippen molar-refractivity contribution in [2.45, 2.75) is 32.4 Å². The van der Waals surface area contributed by atoms with Gasteiger partial charge in [-0.2, -0.15) is 0 Å². The average molecular weight is 292 g/mol. The van der Waals surface area contributed by atoms with E-state index in [2.05, 4.69) is 10.6 Å². The van der Waals surface area contributed by atoms with Crippen molar-refractivity contribution < 1.29 is 17.9 Å². The van der Waals surface area contributed by atoms with Crippen LogP contribution in [0.3, 0.4) is 0 Å². The van der Waals surface area contributed by atoms with Gasteiger partial charge in [0.1, 0.15) is 0 Å². The Balaban J connectivity index is 2.46. The minimum atomic E-state index is -3.00. The first-order valence-corrected chi connectivity index (χ1v) is 8.38. The van der Waals surface area contributed by atoms with Crippen LogP contribution in [0.25, 0.3) is 0 Å². The second-order valence-electron chi connectivity index (χ2n) is 5.34. The Morgan fingerprint density at radius 1 is 1.47 bits per heavy atom. The molecule has 1 amide bonds. The van der Waals surface area contributed by atoms with Crippen LogP contribution in [0.15, 0.2) is 0 Å². The lowest BCUT2D eigenvalue weighted by Gasteiger charge is -2.26. The van der Waals surface area contributed by atoms with Gasteiger partial charge in [0.2, 0.25) is 5.91 Å². The highest BCUT2D eigenvalue weighted by Gasteiger charge is 2.27. The molecule has 1 fully saturated rings. The molecule has 1 rings (SSSR count). The molecule has 0 saturated carbocycles. The molecule has 6 nitrogen and oxygen atoms in total. The van der Waals surface area contributed by atoms with Gasteiger partial charge in [0.05, 0.1) is 24.2 Å². The predicted octanol–water partition coefficient (Wildman–Crippen LogP) is -0.450. The fourth-order valence-electron chi connectivity index (χ4n) is 2.07. The van der Waals surface area contributed by atoms with Crippen molar-refractivity contribution in [3.8, 4) is 0 Å². The topological polar surface area (TPSA) is 84.5 Å². The third-order valence-electron chi connectivity index (χ3n) is 3.23. The van der Waals surface area contributed by atoms with Gasteiger partial charge in [0, 0.05) is 26.1 Å². The van der Waals surface area contributed by atoms with Crippen molar-refractivity contribution in [3.63, 3.8) is 0 Å². The summed E-state index contributed by atoms with van der Waals surface area (Å²) in [4.78, 5) is 11.9. The third kappa shape index (κ3) is 5.88. The molecular formula is C12H24N2O4S. The van der Waals surface area contributed by atoms with Gasteiger partial charge in [-0.25, -0.2) is 8.42 Å². The maximum Gasteiger partial charge on any atom is 0.221 e. The Labute approximate surface area is 115 Å². The van der Waals surface area contributed by atoms with Gasteiger partial charge >= 0.3 is 0 Å². The first kappa shape index (κ1) is 16.4. The number of nitrogens with one attached hydrogen (secondary N) is 2. The molecule has 2 atom stereocenters. The molecule has 1 aliphatic heterocycles. The fourth-order valence-corrected chi connectivity index (χ4v) is 3.51. The zero-order chi connectivity index (χ0) is 14.5. The molecule has 2 unspecified atom stereocenters. The Morgan fingerprint density at radius 3 is 2.68 bits per heavy atom. The second kappa shape index (κ2) is 7.21. The smallest absolute Gasteiger partial charge is 0.221 e. The summed E-state index contributed by atoms with van der Waals surface area (Å²) in [6, 6.07) is -0.327. The molecule has 0 aromatic heterocycles. The molecule has 7 heteroatoms. The Kier molecular flexibility index (Phi) is 6.22. The maximum absolute atomic E-state index is 11.9. The van der Waals surface area contributed by atoms with Crippen LogP contribution < -0.4 is 10.6 Å². The molecule has 19 heavy (non-hydrogen) atoms. The van der Waals surface area contributed by atoms with E-state index in [-0.39, 0.29) is 41.8 Å². The van der Waals surface area contributed by atoms with Gasteiger partial charge in [0.15, 0.2) is 9.84 Å². The van der Waals surface area contributed by atoms with Crippen LogP contribution >= 0.6 is 0 Å². The minimum Gasteiger partial charge on any atom is -0.383 e. The molecule has 0 aromatic carbocycles. The predicted molar refractivity (Wildman–Crippen MR) is 73.7 cm³/mol. The first-order valence-electron chi connectivity index (χ1n) is 6.56. The quantitative estimate of drug-likeness (QED) is 0.693. The van der Waals surface area contributed by atoms with Crippen molar-refractivity contribution in [3.05, 3.63) is 0 Å². The SMILES string of the molecule is COCC(NC(=O)CC1CS(=O)(=O)CCN1)C(C)C. The van der Waals surface area contributed by atoms with Gasteiger partial charge in [-0.1, -0.05) is 13.8 Å². The molecular weight excluding hydrogens is 268 g/mol. The lowest BCUT2D eigenvalue weighted by atomic mass is 10.0. The van der Waals surface area contributed by atoms with Crippen molar-refractivity contribution in [1.82, 2.24) is 10.6 Å². The Hall–Kier alpha value is -0.660. The van der Waals surface area contributed by atoms with Crippen molar-refractivity contribution in [2.75, 3.05) is 31.8 Å². The van der Waals surface area contributed by atoms with Crippen molar-refractivity contribution in [2.24, 2.45) is 5.92 Å². The summed E-state index contributed by atoms with van der Waals surface area (Å²) in [5.74, 6) is 0.331. The summed E-state index contributed by atoms with van der Waals surface area (Å²) in [6.07, 6.45) is 0.187. The first-order chi connectivity index (χ1) is 8.84. The summed E-state index contributed by atoms with van der Waals surface area (Å²) in [7, 11) is -1.41. The number of hydrogen-bond acceptors (Lipinski definition) is 5. The van der Waals surface area contributed by atoms with Gasteiger partial charge in [-0.15, -0.1) is 0 Å². The summed E-state index contributed by atoms with van der Waals surface area (Å²) in [5.41, 5.74) is 0. The number of rotatable bonds is 6. The molecule has 1 saturated heterocycles. The lowest BCUT2D eigenvalue weighted by Crippen LogP contribution is -2.49. The number of sulfone groups is 1. The molecule has 1 heterocycles. The monoisotopic (exact) mass is 292 g/mol. The summed E-state index contributed by atoms with van der Waals surface area (Å²) < 4.78 is 28.0. The van der Waals surface area contributed by atoms with E-state index >= 15 is 0 Å². The maximum atomic E-state index is 11.9. The third-order valence-corrected chi connectivity index (χ3v) is 4.97. The molecule has 1 aliphatic rings. The summed E-state index contributed by atoms with van der Waals surface area (Å²) in [5, 5.41) is 5.96. The van der Waals surface area contributed by atoms with E-state index in [1.165, 1.54) is 0 Å². The molecule has 0 spiro atoms. The fraction of sp³-hybridized carbons (Fsp3) is 0.917. The van der Waals surface area contributed by atoms with E-state index in [1.54, 1.807) is 7.11 Å². The molecule has 0 aliphatic carbocycles. The number of amides is 1. The highest BCUT2D eigenvalue weighted by molar-refractivity contribution is 7.91. The standard InChI is InChI=1S/C12H24N2O4S/c1-9(2)11(7-18-3)14-12(15)6-10-8-19(16,17)5-4-13-10/h9-11,13H,4-8H2,1-3H3,(H,14,15). The summed E-state index contributed by atoms with van der Waals surface area (Å²) in [6.45, 7) is 4.90. The van der Waals surface area contributed by atoms with Crippen LogP contribution in [-0.2, 0) is 19.4 Å². The molecule has 0 radical (unpaired) electrons. The van der Waals surface area contributed by atoms with Crippen molar-refractivity contribution >= 4 is 15.7 Å². The Morgan fingerprint density at radius 2 is 2.16 bits per heavy atom. The van der Waals surface area contributed by atoms with Crippen LogP contribution in [-0.4, -0.2) is 58.2 Å². The largest absolute Gasteiger partial charge is 0.383 e. The van der Waals surface area contributed by atoms with Crippen LogP contribution in [0, 0.1) is 5.92 Å². The minimum absolute atomic E-state index is 0.0387. The molecule has 2 N–H and O–H groups in total. The number of ether oxygens (including phenoxy) is 1. The van der Waals surface area contributed by atoms with Crippen LogP contribution in [0.4, 0.5) is 0 Å². The highest BCUT2D eigenvalue weighted by Crippen LogP contribution is 2.07. The zero-order valence-corrected chi connectivity index (χ0v) is 12.6. The second-order valence-corrected chi connectivity index (χ2v) is 7.57. The van der Waals surface area contributed by atoms with Crippen LogP contribution in [0.1, 0.15) is 20.3 Å². The van der Waals surface area contributed by atoms with Crippen molar-refractivity contribution in [1.29, 1.82) is 0 Å². The number of carbonyl (C=O) groups is 1. The van der Waals surface area contributed by atoms with Crippen LogP contribution in [0.5, 0.6) is 0 Å². The van der Waals surface area contributed by atoms with Gasteiger partial charge in [-0.3, -0.25) is 4.79 Å². The van der Waals surface area contributed by atoms with E-state index in [0.29, 0.717) is 13.2 Å². The lowest BCUT2D eigenvalue weighted by molar-refractivity contribution is -0.122. The van der Waals surface area contributed by atoms with E-state index in [9.17, 15) is 13.2 Å². The molecule has 0 aromatic rings. The zero-order valence-electron chi connectivity index (χ0n) is 11.8. The van der Waals surface area contributed by atoms with Gasteiger partial charge < -0.3 is 15.4 Å². The van der Waals surface area contributed by atoms with E-state index < -0.39 is 9.84 Å². The van der Waals surface area contributed by atoms with Crippen LogP contribution in [0.2, 0.25) is 0 Å². The van der Waals surface area contributed by atoms with Gasteiger partial charge in [-0.05, 0) is 5.92 Å².